The monoisotopic (exact) mass is 1030 g/mol. The van der Waals surface area contributed by atoms with Crippen molar-refractivity contribution < 1.29 is 27.9 Å². The molecule has 0 aromatic heterocycles. The van der Waals surface area contributed by atoms with Crippen LogP contribution in [-0.2, 0) is 33.5 Å². The van der Waals surface area contributed by atoms with Crippen LogP contribution in [0.3, 0.4) is 0 Å². The lowest BCUT2D eigenvalue weighted by atomic mass is 9.69. The summed E-state index contributed by atoms with van der Waals surface area (Å²) in [5.74, 6) is -0.754. The number of cyclic esters (lactones) is 1. The molecule has 9 heteroatoms. The zero-order chi connectivity index (χ0) is 48.4. The Hall–Kier alpha value is -2.94. The molecule has 4 rings (SSSR count). The van der Waals surface area contributed by atoms with E-state index in [1.54, 1.807) is 0 Å². The number of esters is 1. The van der Waals surface area contributed by atoms with Gasteiger partial charge in [-0.15, -0.1) is 6.58 Å². The van der Waals surface area contributed by atoms with Crippen molar-refractivity contribution in [2.24, 2.45) is 17.3 Å². The first-order valence-corrected chi connectivity index (χ1v) is 30.9. The maximum atomic E-state index is 15.5. The van der Waals surface area contributed by atoms with E-state index in [1.165, 1.54) is 0 Å². The van der Waals surface area contributed by atoms with Gasteiger partial charge in [-0.2, -0.15) is 0 Å². The van der Waals surface area contributed by atoms with Crippen LogP contribution in [0.2, 0.25) is 36.3 Å². The number of Topliss-reactive ketones (excluding diaryl/α,β-unsaturated/α-hetero) is 1. The molecular weight excluding hydrogens is 952 g/mol. The predicted molar refractivity (Wildman–Crippen MR) is 284 cm³/mol. The van der Waals surface area contributed by atoms with E-state index in [-0.39, 0.29) is 40.3 Å². The number of allylic oxidation sites excluding steroid dienone is 1. The van der Waals surface area contributed by atoms with Gasteiger partial charge in [-0.1, -0.05) is 181 Å². The molecule has 0 bridgehead atoms. The van der Waals surface area contributed by atoms with Gasteiger partial charge in [0.15, 0.2) is 16.6 Å². The van der Waals surface area contributed by atoms with Crippen molar-refractivity contribution in [3.05, 3.63) is 142 Å². The summed E-state index contributed by atoms with van der Waals surface area (Å²) in [6.45, 7) is 35.0. The van der Waals surface area contributed by atoms with Gasteiger partial charge < -0.3 is 18.3 Å². The molecule has 0 fully saturated rings. The number of hydrogen-bond donors (Lipinski definition) is 0. The Morgan fingerprint density at radius 2 is 1.29 bits per heavy atom. The fourth-order valence-electron chi connectivity index (χ4n) is 8.56. The highest BCUT2D eigenvalue weighted by Gasteiger charge is 2.52. The van der Waals surface area contributed by atoms with Crippen LogP contribution in [0, 0.1) is 17.3 Å². The summed E-state index contributed by atoms with van der Waals surface area (Å²) in [7, 11) is -4.87. The number of hydrogen-bond acceptors (Lipinski definition) is 6. The first-order chi connectivity index (χ1) is 30.3. The Morgan fingerprint density at radius 3 is 1.74 bits per heavy atom. The summed E-state index contributed by atoms with van der Waals surface area (Å²) >= 11 is 2.24. The van der Waals surface area contributed by atoms with Gasteiger partial charge in [0.25, 0.3) is 0 Å². The number of carbonyl (C=O) groups is 2. The van der Waals surface area contributed by atoms with Crippen molar-refractivity contribution in [2.45, 2.75) is 168 Å². The Bertz CT molecular complexity index is 1970. The number of ketones is 1. The van der Waals surface area contributed by atoms with E-state index in [0.717, 1.165) is 47.1 Å². The Balaban J connectivity index is 1.90. The van der Waals surface area contributed by atoms with Crippen molar-refractivity contribution in [1.82, 2.24) is 0 Å². The first-order valence-electron chi connectivity index (χ1n) is 23.8. The first kappa shape index (κ1) is 54.7. The summed E-state index contributed by atoms with van der Waals surface area (Å²) in [6, 6.07) is 31.4. The summed E-state index contributed by atoms with van der Waals surface area (Å²) in [5.41, 5.74) is 3.24. The van der Waals surface area contributed by atoms with E-state index in [4.69, 9.17) is 18.3 Å². The van der Waals surface area contributed by atoms with E-state index in [2.05, 4.69) is 183 Å². The van der Waals surface area contributed by atoms with Crippen molar-refractivity contribution in [1.29, 1.82) is 0 Å². The van der Waals surface area contributed by atoms with Gasteiger partial charge in [0, 0.05) is 12.3 Å². The molecule has 0 radical (unpaired) electrons. The standard InChI is InChI=1S/C56H81IO6Si2/c1-16-37-55(11)49(62-64(12,13)53(5,6)7)38-50(58)61-48(42(3)39-57)36-35-44(28-26-27-41(2)51(43(4)52(55)59)63-65(14,15)54(8,9)10)40-60-56(45-29-20-17-21-30-45,46-31-22-18-23-32-46)47-33-24-19-25-34-47/h16-25,29-35,39,41,43,48-49,51H,1,26-28,36-38,40H2,2-15H3/b42-39+,44-35+/t41-,43+,48-,49-,51-,55+/m0/s1. The maximum Gasteiger partial charge on any atom is 0.309 e. The van der Waals surface area contributed by atoms with Gasteiger partial charge in [0.1, 0.15) is 17.5 Å². The highest BCUT2D eigenvalue weighted by molar-refractivity contribution is 14.1. The number of rotatable bonds is 13. The molecule has 356 valence electrons. The van der Waals surface area contributed by atoms with Gasteiger partial charge >= 0.3 is 5.97 Å². The molecule has 0 aliphatic carbocycles. The average molecular weight is 1030 g/mol. The highest BCUT2D eigenvalue weighted by atomic mass is 127. The fraction of sp³-hybridized carbons (Fsp3) is 0.536. The van der Waals surface area contributed by atoms with Crippen LogP contribution in [-0.4, -0.2) is 53.3 Å². The van der Waals surface area contributed by atoms with Crippen LogP contribution in [0.5, 0.6) is 0 Å². The minimum atomic E-state index is -2.52. The zero-order valence-electron chi connectivity index (χ0n) is 42.3. The van der Waals surface area contributed by atoms with E-state index >= 15 is 4.79 Å². The fourth-order valence-corrected chi connectivity index (χ4v) is 11.8. The molecule has 3 aromatic carbocycles. The van der Waals surface area contributed by atoms with Gasteiger partial charge in [-0.25, -0.2) is 0 Å². The lowest BCUT2D eigenvalue weighted by Gasteiger charge is -2.47. The molecule has 0 saturated carbocycles. The third kappa shape index (κ3) is 13.4. The number of halogens is 1. The summed E-state index contributed by atoms with van der Waals surface area (Å²) in [4.78, 5) is 30.1. The average Bonchev–Trinajstić information content (AvgIpc) is 3.25. The lowest BCUT2D eigenvalue weighted by Crippen LogP contribution is -2.55. The third-order valence-electron chi connectivity index (χ3n) is 14.9. The van der Waals surface area contributed by atoms with Gasteiger partial charge in [-0.05, 0) is 114 Å². The minimum Gasteiger partial charge on any atom is -0.457 e. The second-order valence-corrected chi connectivity index (χ2v) is 32.0. The van der Waals surface area contributed by atoms with Crippen LogP contribution < -0.4 is 0 Å². The molecule has 3 aromatic rings. The summed E-state index contributed by atoms with van der Waals surface area (Å²) in [5, 5.41) is -0.228. The van der Waals surface area contributed by atoms with E-state index in [0.29, 0.717) is 19.4 Å². The molecule has 0 N–H and O–H groups in total. The second-order valence-electron chi connectivity index (χ2n) is 21.8. The van der Waals surface area contributed by atoms with E-state index in [1.807, 2.05) is 49.1 Å². The van der Waals surface area contributed by atoms with Crippen LogP contribution in [0.1, 0.15) is 124 Å². The van der Waals surface area contributed by atoms with Gasteiger partial charge in [0.2, 0.25) is 0 Å². The second kappa shape index (κ2) is 22.9. The van der Waals surface area contributed by atoms with Gasteiger partial charge in [-0.3, -0.25) is 9.59 Å². The van der Waals surface area contributed by atoms with Crippen molar-refractivity contribution in [2.75, 3.05) is 6.61 Å². The molecule has 65 heavy (non-hydrogen) atoms. The Labute approximate surface area is 409 Å². The molecule has 1 aliphatic rings. The maximum absolute atomic E-state index is 15.5. The molecule has 1 aliphatic heterocycles. The Morgan fingerprint density at radius 1 is 0.815 bits per heavy atom. The molecule has 0 spiro atoms. The molecular formula is C56H81IO6Si2. The number of benzene rings is 3. The van der Waals surface area contributed by atoms with Gasteiger partial charge in [0.05, 0.1) is 30.7 Å². The smallest absolute Gasteiger partial charge is 0.309 e. The van der Waals surface area contributed by atoms with Crippen LogP contribution in [0.15, 0.2) is 125 Å². The topological polar surface area (TPSA) is 71.1 Å². The summed E-state index contributed by atoms with van der Waals surface area (Å²) in [6.07, 6.45) is 5.72. The van der Waals surface area contributed by atoms with Crippen molar-refractivity contribution in [3.8, 4) is 0 Å². The van der Waals surface area contributed by atoms with Crippen molar-refractivity contribution >= 4 is 51.0 Å². The lowest BCUT2D eigenvalue weighted by molar-refractivity contribution is -0.154. The number of carbonyl (C=O) groups excluding carboxylic acids is 2. The third-order valence-corrected chi connectivity index (χ3v) is 24.8. The highest BCUT2D eigenvalue weighted by Crippen LogP contribution is 2.46. The summed E-state index contributed by atoms with van der Waals surface area (Å²) < 4.78 is 30.5. The SMILES string of the molecule is C=CC[C@@]1(C)C(=O)[C@H](C)[C@@H](O[Si](C)(C)C(C)(C)C)[C@@H](C)CCC/C(COC(c2ccccc2)(c2ccccc2)c2ccccc2)=C\C[C@@H](/C(C)=C/I)OC(=O)C[C@@H]1O[Si](C)(C)C(C)(C)C. The molecule has 0 amide bonds. The predicted octanol–water partition coefficient (Wildman–Crippen LogP) is 15.3. The molecule has 1 heterocycles. The van der Waals surface area contributed by atoms with Crippen LogP contribution in [0.4, 0.5) is 0 Å². The Kier molecular flexibility index (Phi) is 19.3. The molecule has 0 saturated heterocycles. The minimum absolute atomic E-state index is 0.0458. The van der Waals surface area contributed by atoms with Crippen LogP contribution in [0.25, 0.3) is 0 Å². The molecule has 6 nitrogen and oxygen atoms in total. The zero-order valence-corrected chi connectivity index (χ0v) is 46.4. The van der Waals surface area contributed by atoms with E-state index < -0.39 is 45.8 Å². The number of ether oxygens (including phenoxy) is 2. The van der Waals surface area contributed by atoms with E-state index in [9.17, 15) is 4.79 Å². The van der Waals surface area contributed by atoms with Crippen molar-refractivity contribution in [3.63, 3.8) is 0 Å². The largest absolute Gasteiger partial charge is 0.457 e. The molecule has 0 unspecified atom stereocenters. The van der Waals surface area contributed by atoms with Crippen LogP contribution >= 0.6 is 22.6 Å². The quantitative estimate of drug-likeness (QED) is 0.0558. The molecule has 6 atom stereocenters. The normalized spacial score (nSPS) is 25.1.